The van der Waals surface area contributed by atoms with E-state index in [2.05, 4.69) is 22.6 Å². The maximum Gasteiger partial charge on any atom is 0.184 e. The van der Waals surface area contributed by atoms with Crippen molar-refractivity contribution < 1.29 is 8.42 Å². The molecule has 0 unspecified atom stereocenters. The molecule has 1 aromatic carbocycles. The highest BCUT2D eigenvalue weighted by Crippen LogP contribution is 2.20. The van der Waals surface area contributed by atoms with Gasteiger partial charge in [0.05, 0.1) is 34.3 Å². The second-order valence-corrected chi connectivity index (χ2v) is 6.93. The Labute approximate surface area is 111 Å². The van der Waals surface area contributed by atoms with E-state index in [1.807, 2.05) is 12.1 Å². The number of aromatic nitrogens is 2. The highest BCUT2D eigenvalue weighted by Gasteiger charge is 2.17. The van der Waals surface area contributed by atoms with Crippen molar-refractivity contribution in [2.75, 3.05) is 0 Å². The minimum Gasteiger partial charge on any atom is -0.223 e. The Bertz CT molecular complexity index is 602. The summed E-state index contributed by atoms with van der Waals surface area (Å²) in [7, 11) is -3.32. The average Bonchev–Trinajstić information content (AvgIpc) is 2.81. The molecule has 2 aromatic rings. The van der Waals surface area contributed by atoms with Gasteiger partial charge in [0, 0.05) is 0 Å². The van der Waals surface area contributed by atoms with E-state index < -0.39 is 9.84 Å². The summed E-state index contributed by atoms with van der Waals surface area (Å²) in [6.07, 6.45) is 1.49. The van der Waals surface area contributed by atoms with Gasteiger partial charge in [0.15, 0.2) is 9.84 Å². The van der Waals surface area contributed by atoms with E-state index in [9.17, 15) is 8.42 Å². The normalized spacial score (nSPS) is 11.9. The Kier molecular flexibility index (Phi) is 3.77. The van der Waals surface area contributed by atoms with Gasteiger partial charge in [0.1, 0.15) is 0 Å². The fraction of sp³-hybridized carbons (Fsp3) is 0.333. The maximum absolute atomic E-state index is 12.1. The zero-order valence-corrected chi connectivity index (χ0v) is 11.8. The second kappa shape index (κ2) is 5.16. The topological polar surface area (TPSA) is 59.9 Å². The van der Waals surface area contributed by atoms with Gasteiger partial charge in [-0.25, -0.2) is 8.42 Å². The van der Waals surface area contributed by atoms with Gasteiger partial charge in [-0.2, -0.15) is 8.75 Å². The third kappa shape index (κ3) is 2.94. The van der Waals surface area contributed by atoms with Crippen LogP contribution < -0.4 is 0 Å². The van der Waals surface area contributed by atoms with Gasteiger partial charge < -0.3 is 0 Å². The van der Waals surface area contributed by atoms with Crippen LogP contribution in [0.15, 0.2) is 35.4 Å². The van der Waals surface area contributed by atoms with Crippen molar-refractivity contribution in [2.45, 2.75) is 30.4 Å². The van der Waals surface area contributed by atoms with Crippen LogP contribution in [0.5, 0.6) is 0 Å². The van der Waals surface area contributed by atoms with E-state index >= 15 is 0 Å². The first kappa shape index (κ1) is 13.2. The molecule has 0 saturated heterocycles. The SMILES string of the molecule is CC(C)c1ccc(S(=O)(=O)Cc2cnsn2)cc1. The van der Waals surface area contributed by atoms with E-state index in [1.165, 1.54) is 6.20 Å². The monoisotopic (exact) mass is 282 g/mol. The smallest absolute Gasteiger partial charge is 0.184 e. The summed E-state index contributed by atoms with van der Waals surface area (Å²) >= 11 is 1.02. The first-order chi connectivity index (χ1) is 8.49. The van der Waals surface area contributed by atoms with Gasteiger partial charge in [0.2, 0.25) is 0 Å². The van der Waals surface area contributed by atoms with Crippen molar-refractivity contribution in [3.8, 4) is 0 Å². The summed E-state index contributed by atoms with van der Waals surface area (Å²) in [4.78, 5) is 0.333. The molecule has 0 amide bonds. The van der Waals surface area contributed by atoms with E-state index in [-0.39, 0.29) is 5.75 Å². The molecule has 0 saturated carbocycles. The lowest BCUT2D eigenvalue weighted by Gasteiger charge is -2.07. The Morgan fingerprint density at radius 2 is 1.89 bits per heavy atom. The van der Waals surface area contributed by atoms with Crippen LogP contribution in [0.4, 0.5) is 0 Å². The fourth-order valence-corrected chi connectivity index (χ4v) is 3.35. The van der Waals surface area contributed by atoms with E-state index in [1.54, 1.807) is 12.1 Å². The Morgan fingerprint density at radius 1 is 1.22 bits per heavy atom. The summed E-state index contributed by atoms with van der Waals surface area (Å²) in [5.74, 6) is 0.300. The highest BCUT2D eigenvalue weighted by molar-refractivity contribution is 7.90. The summed E-state index contributed by atoms with van der Waals surface area (Å²) in [6.45, 7) is 4.15. The van der Waals surface area contributed by atoms with Gasteiger partial charge in [0.25, 0.3) is 0 Å². The lowest BCUT2D eigenvalue weighted by atomic mass is 10.0. The molecule has 0 aliphatic rings. The molecular weight excluding hydrogens is 268 g/mol. The predicted molar refractivity (Wildman–Crippen MR) is 71.3 cm³/mol. The minimum atomic E-state index is -3.32. The first-order valence-corrected chi connectivity index (χ1v) is 7.96. The van der Waals surface area contributed by atoms with Gasteiger partial charge >= 0.3 is 0 Å². The zero-order chi connectivity index (χ0) is 13.2. The van der Waals surface area contributed by atoms with Crippen LogP contribution in [0.1, 0.15) is 31.0 Å². The van der Waals surface area contributed by atoms with Crippen LogP contribution >= 0.6 is 11.7 Å². The molecule has 0 spiro atoms. The van der Waals surface area contributed by atoms with Crippen LogP contribution in [-0.4, -0.2) is 17.2 Å². The molecule has 0 bridgehead atoms. The number of hydrogen-bond acceptors (Lipinski definition) is 5. The van der Waals surface area contributed by atoms with Crippen molar-refractivity contribution in [3.63, 3.8) is 0 Å². The lowest BCUT2D eigenvalue weighted by Crippen LogP contribution is -2.05. The van der Waals surface area contributed by atoms with E-state index in [0.717, 1.165) is 17.3 Å². The number of benzene rings is 1. The Balaban J connectivity index is 2.25. The molecule has 0 atom stereocenters. The lowest BCUT2D eigenvalue weighted by molar-refractivity contribution is 0.594. The van der Waals surface area contributed by atoms with Gasteiger partial charge in [-0.05, 0) is 23.6 Å². The van der Waals surface area contributed by atoms with Crippen molar-refractivity contribution in [1.29, 1.82) is 0 Å². The second-order valence-electron chi connectivity index (χ2n) is 4.38. The standard InChI is InChI=1S/C12H14N2O2S2/c1-9(2)10-3-5-12(6-4-10)18(15,16)8-11-7-13-17-14-11/h3-7,9H,8H2,1-2H3. The predicted octanol–water partition coefficient (Wildman–Crippen LogP) is 2.64. The largest absolute Gasteiger partial charge is 0.223 e. The molecule has 0 aliphatic carbocycles. The third-order valence-electron chi connectivity index (χ3n) is 2.65. The molecule has 0 N–H and O–H groups in total. The van der Waals surface area contributed by atoms with E-state index in [0.29, 0.717) is 16.5 Å². The van der Waals surface area contributed by atoms with Gasteiger partial charge in [-0.1, -0.05) is 26.0 Å². The maximum atomic E-state index is 12.1. The average molecular weight is 282 g/mol. The van der Waals surface area contributed by atoms with Crippen LogP contribution in [0.3, 0.4) is 0 Å². The number of hydrogen-bond donors (Lipinski definition) is 0. The Hall–Kier alpha value is -1.27. The van der Waals surface area contributed by atoms with Crippen LogP contribution in [0, 0.1) is 0 Å². The molecule has 6 heteroatoms. The molecule has 0 fully saturated rings. The summed E-state index contributed by atoms with van der Waals surface area (Å²) < 4.78 is 32.0. The van der Waals surface area contributed by atoms with Crippen molar-refractivity contribution in [1.82, 2.24) is 8.75 Å². The fourth-order valence-electron chi connectivity index (χ4n) is 1.59. The molecule has 4 nitrogen and oxygen atoms in total. The minimum absolute atomic E-state index is 0.0927. The highest BCUT2D eigenvalue weighted by atomic mass is 32.2. The first-order valence-electron chi connectivity index (χ1n) is 5.58. The summed E-state index contributed by atoms with van der Waals surface area (Å²) in [5.41, 5.74) is 1.62. The molecule has 18 heavy (non-hydrogen) atoms. The van der Waals surface area contributed by atoms with Crippen molar-refractivity contribution in [3.05, 3.63) is 41.7 Å². The van der Waals surface area contributed by atoms with Crippen LogP contribution in [0.2, 0.25) is 0 Å². The summed E-state index contributed by atoms with van der Waals surface area (Å²) in [5, 5.41) is 0. The molecule has 0 radical (unpaired) electrons. The summed E-state index contributed by atoms with van der Waals surface area (Å²) in [6, 6.07) is 7.03. The third-order valence-corrected chi connectivity index (χ3v) is 4.83. The zero-order valence-electron chi connectivity index (χ0n) is 10.2. The number of nitrogens with zero attached hydrogens (tertiary/aromatic N) is 2. The number of sulfone groups is 1. The quantitative estimate of drug-likeness (QED) is 0.865. The van der Waals surface area contributed by atoms with Crippen molar-refractivity contribution >= 4 is 21.6 Å². The molecule has 1 aromatic heterocycles. The molecule has 96 valence electrons. The number of rotatable bonds is 4. The molecule has 1 heterocycles. The van der Waals surface area contributed by atoms with Crippen molar-refractivity contribution in [2.24, 2.45) is 0 Å². The van der Waals surface area contributed by atoms with Gasteiger partial charge in [-0.3, -0.25) is 0 Å². The van der Waals surface area contributed by atoms with E-state index in [4.69, 9.17) is 0 Å². The Morgan fingerprint density at radius 3 is 2.39 bits per heavy atom. The van der Waals surface area contributed by atoms with Crippen LogP contribution in [0.25, 0.3) is 0 Å². The molecule has 2 rings (SSSR count). The van der Waals surface area contributed by atoms with Gasteiger partial charge in [-0.15, -0.1) is 0 Å². The molecular formula is C12H14N2O2S2. The van der Waals surface area contributed by atoms with Crippen LogP contribution in [-0.2, 0) is 15.6 Å². The molecule has 0 aliphatic heterocycles.